The minimum atomic E-state index is -0.825. The molecule has 0 saturated heterocycles. The van der Waals surface area contributed by atoms with Gasteiger partial charge in [0.1, 0.15) is 6.04 Å². The van der Waals surface area contributed by atoms with Crippen LogP contribution in [0.25, 0.3) is 5.69 Å². The molecule has 0 aliphatic heterocycles. The van der Waals surface area contributed by atoms with Gasteiger partial charge >= 0.3 is 5.97 Å². The van der Waals surface area contributed by atoms with Crippen LogP contribution in [0.15, 0.2) is 36.5 Å². The maximum absolute atomic E-state index is 11.0. The van der Waals surface area contributed by atoms with Crippen molar-refractivity contribution >= 4 is 5.97 Å². The molecular formula is C15H19N3O2. The maximum Gasteiger partial charge on any atom is 0.320 e. The molecule has 0 fully saturated rings. The Morgan fingerprint density at radius 1 is 1.40 bits per heavy atom. The third-order valence-corrected chi connectivity index (χ3v) is 3.49. The maximum atomic E-state index is 11.0. The number of aromatic nitrogens is 2. The van der Waals surface area contributed by atoms with Crippen LogP contribution in [-0.2, 0) is 11.3 Å². The predicted octanol–water partition coefficient (Wildman–Crippen LogP) is 2.09. The van der Waals surface area contributed by atoms with Gasteiger partial charge in [-0.05, 0) is 38.6 Å². The topological polar surface area (TPSA) is 58.4 Å². The van der Waals surface area contributed by atoms with Crippen molar-refractivity contribution in [3.8, 4) is 5.69 Å². The van der Waals surface area contributed by atoms with Crippen molar-refractivity contribution in [2.24, 2.45) is 0 Å². The van der Waals surface area contributed by atoms with Crippen LogP contribution in [0.1, 0.15) is 18.2 Å². The molecule has 1 unspecified atom stereocenters. The van der Waals surface area contributed by atoms with E-state index >= 15 is 0 Å². The van der Waals surface area contributed by atoms with E-state index in [0.29, 0.717) is 6.54 Å². The van der Waals surface area contributed by atoms with Crippen LogP contribution in [0.5, 0.6) is 0 Å². The first-order chi connectivity index (χ1) is 9.50. The zero-order chi connectivity index (χ0) is 14.7. The molecule has 2 aromatic rings. The number of hydrogen-bond acceptors (Lipinski definition) is 3. The lowest BCUT2D eigenvalue weighted by Crippen LogP contribution is -2.35. The minimum Gasteiger partial charge on any atom is -0.480 e. The SMILES string of the molecule is Cc1ccccc1-n1nccc1CN(C)C(C)C(=O)O. The highest BCUT2D eigenvalue weighted by atomic mass is 16.4. The Morgan fingerprint density at radius 3 is 2.75 bits per heavy atom. The van der Waals surface area contributed by atoms with Gasteiger partial charge in [0.2, 0.25) is 0 Å². The van der Waals surface area contributed by atoms with Gasteiger partial charge in [0.15, 0.2) is 0 Å². The molecule has 1 atom stereocenters. The average molecular weight is 273 g/mol. The summed E-state index contributed by atoms with van der Waals surface area (Å²) in [6.45, 7) is 4.24. The molecule has 0 radical (unpaired) electrons. The molecule has 5 heteroatoms. The van der Waals surface area contributed by atoms with Crippen LogP contribution in [0.3, 0.4) is 0 Å². The van der Waals surface area contributed by atoms with Crippen molar-refractivity contribution in [3.05, 3.63) is 47.8 Å². The molecule has 1 aromatic heterocycles. The molecule has 0 aliphatic carbocycles. The van der Waals surface area contributed by atoms with Crippen LogP contribution in [0, 0.1) is 6.92 Å². The summed E-state index contributed by atoms with van der Waals surface area (Å²) in [5.41, 5.74) is 3.12. The smallest absolute Gasteiger partial charge is 0.320 e. The summed E-state index contributed by atoms with van der Waals surface area (Å²) < 4.78 is 1.86. The Bertz CT molecular complexity index is 607. The normalized spacial score (nSPS) is 12.6. The van der Waals surface area contributed by atoms with Gasteiger partial charge in [-0.25, -0.2) is 4.68 Å². The van der Waals surface area contributed by atoms with Gasteiger partial charge < -0.3 is 5.11 Å². The summed E-state index contributed by atoms with van der Waals surface area (Å²) in [6, 6.07) is 9.38. The third kappa shape index (κ3) is 2.88. The first-order valence-corrected chi connectivity index (χ1v) is 6.52. The van der Waals surface area contributed by atoms with E-state index in [0.717, 1.165) is 16.9 Å². The third-order valence-electron chi connectivity index (χ3n) is 3.49. The van der Waals surface area contributed by atoms with Crippen molar-refractivity contribution in [2.45, 2.75) is 26.4 Å². The number of carbonyl (C=O) groups is 1. The van der Waals surface area contributed by atoms with E-state index in [-0.39, 0.29) is 0 Å². The molecule has 1 aromatic carbocycles. The second-order valence-electron chi connectivity index (χ2n) is 4.95. The highest BCUT2D eigenvalue weighted by molar-refractivity contribution is 5.72. The highest BCUT2D eigenvalue weighted by Crippen LogP contribution is 2.16. The lowest BCUT2D eigenvalue weighted by molar-refractivity contribution is -0.142. The molecule has 0 spiro atoms. The van der Waals surface area contributed by atoms with E-state index < -0.39 is 12.0 Å². The lowest BCUT2D eigenvalue weighted by atomic mass is 10.2. The molecule has 106 valence electrons. The molecule has 1 N–H and O–H groups in total. The lowest BCUT2D eigenvalue weighted by Gasteiger charge is -2.21. The van der Waals surface area contributed by atoms with Crippen LogP contribution in [0.4, 0.5) is 0 Å². The van der Waals surface area contributed by atoms with Gasteiger partial charge in [-0.15, -0.1) is 0 Å². The first-order valence-electron chi connectivity index (χ1n) is 6.52. The zero-order valence-electron chi connectivity index (χ0n) is 11.9. The number of carboxylic acids is 1. The van der Waals surface area contributed by atoms with Crippen molar-refractivity contribution < 1.29 is 9.90 Å². The van der Waals surface area contributed by atoms with E-state index in [2.05, 4.69) is 5.10 Å². The number of benzene rings is 1. The predicted molar refractivity (Wildman–Crippen MR) is 76.9 cm³/mol. The van der Waals surface area contributed by atoms with Crippen LogP contribution in [0.2, 0.25) is 0 Å². The molecule has 1 heterocycles. The minimum absolute atomic E-state index is 0.530. The molecule has 0 saturated carbocycles. The van der Waals surface area contributed by atoms with E-state index in [4.69, 9.17) is 5.11 Å². The first kappa shape index (κ1) is 14.3. The summed E-state index contributed by atoms with van der Waals surface area (Å²) in [7, 11) is 1.80. The fourth-order valence-electron chi connectivity index (χ4n) is 2.05. The monoisotopic (exact) mass is 273 g/mol. The summed E-state index contributed by atoms with van der Waals surface area (Å²) in [6.07, 6.45) is 1.74. The second kappa shape index (κ2) is 5.88. The summed E-state index contributed by atoms with van der Waals surface area (Å²) >= 11 is 0. The summed E-state index contributed by atoms with van der Waals surface area (Å²) in [5, 5.41) is 13.4. The second-order valence-corrected chi connectivity index (χ2v) is 4.95. The standard InChI is InChI=1S/C15H19N3O2/c1-11-6-4-5-7-14(11)18-13(8-9-16-18)10-17(3)12(2)15(19)20/h4-9,12H,10H2,1-3H3,(H,19,20). The van der Waals surface area contributed by atoms with Gasteiger partial charge in [0.05, 0.1) is 11.4 Å². The number of aliphatic carboxylic acids is 1. The molecule has 0 aliphatic rings. The van der Waals surface area contributed by atoms with Crippen LogP contribution in [-0.4, -0.2) is 38.8 Å². The van der Waals surface area contributed by atoms with E-state index in [1.165, 1.54) is 0 Å². The quantitative estimate of drug-likeness (QED) is 0.906. The largest absolute Gasteiger partial charge is 0.480 e. The van der Waals surface area contributed by atoms with Crippen molar-refractivity contribution in [1.29, 1.82) is 0 Å². The Morgan fingerprint density at radius 2 is 2.10 bits per heavy atom. The molecule has 5 nitrogen and oxygen atoms in total. The van der Waals surface area contributed by atoms with Gasteiger partial charge in [0, 0.05) is 12.7 Å². The van der Waals surface area contributed by atoms with Gasteiger partial charge in [-0.2, -0.15) is 5.10 Å². The van der Waals surface area contributed by atoms with E-state index in [9.17, 15) is 4.79 Å². The number of para-hydroxylation sites is 1. The van der Waals surface area contributed by atoms with E-state index in [1.54, 1.807) is 25.1 Å². The molecule has 2 rings (SSSR count). The molecule has 0 amide bonds. The number of rotatable bonds is 5. The van der Waals surface area contributed by atoms with Gasteiger partial charge in [0.25, 0.3) is 0 Å². The molecule has 0 bridgehead atoms. The van der Waals surface area contributed by atoms with E-state index in [1.807, 2.05) is 41.9 Å². The number of aryl methyl sites for hydroxylation is 1. The zero-order valence-corrected chi connectivity index (χ0v) is 11.9. The van der Waals surface area contributed by atoms with Crippen molar-refractivity contribution in [2.75, 3.05) is 7.05 Å². The van der Waals surface area contributed by atoms with Crippen molar-refractivity contribution in [1.82, 2.24) is 14.7 Å². The number of nitrogens with zero attached hydrogens (tertiary/aromatic N) is 3. The number of hydrogen-bond donors (Lipinski definition) is 1. The number of likely N-dealkylation sites (N-methyl/N-ethyl adjacent to an activating group) is 1. The van der Waals surface area contributed by atoms with Crippen molar-refractivity contribution in [3.63, 3.8) is 0 Å². The van der Waals surface area contributed by atoms with Crippen LogP contribution < -0.4 is 0 Å². The fourth-order valence-corrected chi connectivity index (χ4v) is 2.05. The Kier molecular flexibility index (Phi) is 4.20. The Labute approximate surface area is 118 Å². The fraction of sp³-hybridized carbons (Fsp3) is 0.333. The average Bonchev–Trinajstić information content (AvgIpc) is 2.86. The van der Waals surface area contributed by atoms with Gasteiger partial charge in [-0.1, -0.05) is 18.2 Å². The Balaban J connectivity index is 2.26. The van der Waals surface area contributed by atoms with Crippen LogP contribution >= 0.6 is 0 Å². The summed E-state index contributed by atoms with van der Waals surface area (Å²) in [4.78, 5) is 12.8. The van der Waals surface area contributed by atoms with Gasteiger partial charge in [-0.3, -0.25) is 9.69 Å². The Hall–Kier alpha value is -2.14. The molecule has 20 heavy (non-hydrogen) atoms. The number of carboxylic acid groups (broad SMARTS) is 1. The molecular weight excluding hydrogens is 254 g/mol. The summed E-state index contributed by atoms with van der Waals surface area (Å²) in [5.74, 6) is -0.825. The highest BCUT2D eigenvalue weighted by Gasteiger charge is 2.18.